The Morgan fingerprint density at radius 2 is 0.561 bits per heavy atom. The van der Waals surface area contributed by atoms with Crippen molar-refractivity contribution in [2.75, 3.05) is 13.1 Å². The molecule has 0 saturated carbocycles. The van der Waals surface area contributed by atoms with Gasteiger partial charge in [-0.05, 0) is 25.7 Å². The fourth-order valence-electron chi connectivity index (χ4n) is 6.72. The Morgan fingerprint density at radius 3 is 0.878 bits per heavy atom. The highest BCUT2D eigenvalue weighted by molar-refractivity contribution is 4.97. The SMILES string of the molecule is CCCCCCCCCCCCCCCCCCN1C=CN(CCCCCC)C1CCCCCCCCCCCC. The van der Waals surface area contributed by atoms with Gasteiger partial charge in [-0.15, -0.1) is 0 Å². The molecule has 0 spiro atoms. The predicted molar refractivity (Wildman–Crippen MR) is 186 cm³/mol. The zero-order valence-electron chi connectivity index (χ0n) is 29.0. The molecule has 0 aromatic carbocycles. The molecule has 2 heteroatoms. The molecule has 0 fully saturated rings. The molecule has 0 bridgehead atoms. The largest absolute Gasteiger partial charge is 0.356 e. The molecule has 1 heterocycles. The third-order valence-electron chi connectivity index (χ3n) is 9.57. The van der Waals surface area contributed by atoms with Crippen molar-refractivity contribution in [3.63, 3.8) is 0 Å². The van der Waals surface area contributed by atoms with Crippen LogP contribution in [0.2, 0.25) is 0 Å². The van der Waals surface area contributed by atoms with E-state index >= 15 is 0 Å². The van der Waals surface area contributed by atoms with E-state index in [0.29, 0.717) is 6.17 Å². The zero-order valence-corrected chi connectivity index (χ0v) is 29.0. The normalized spacial score (nSPS) is 15.0. The van der Waals surface area contributed by atoms with Crippen LogP contribution >= 0.6 is 0 Å². The van der Waals surface area contributed by atoms with Crippen molar-refractivity contribution in [3.8, 4) is 0 Å². The maximum absolute atomic E-state index is 2.71. The molecular formula is C39H78N2. The van der Waals surface area contributed by atoms with Gasteiger partial charge in [0.1, 0.15) is 6.17 Å². The van der Waals surface area contributed by atoms with Crippen molar-refractivity contribution in [2.24, 2.45) is 0 Å². The topological polar surface area (TPSA) is 6.48 Å². The lowest BCUT2D eigenvalue weighted by atomic mass is 10.0. The number of hydrogen-bond acceptors (Lipinski definition) is 2. The number of unbranched alkanes of at least 4 members (excludes halogenated alkanes) is 27. The van der Waals surface area contributed by atoms with E-state index in [1.54, 1.807) is 0 Å². The molecule has 0 amide bonds. The first-order chi connectivity index (χ1) is 20.3. The lowest BCUT2D eigenvalue weighted by Gasteiger charge is -2.33. The molecule has 2 nitrogen and oxygen atoms in total. The molecule has 0 aromatic heterocycles. The molecule has 0 N–H and O–H groups in total. The minimum Gasteiger partial charge on any atom is -0.356 e. The molecular weight excluding hydrogens is 496 g/mol. The van der Waals surface area contributed by atoms with Crippen molar-refractivity contribution in [2.45, 2.75) is 226 Å². The smallest absolute Gasteiger partial charge is 0.101 e. The Balaban J connectivity index is 2.09. The maximum Gasteiger partial charge on any atom is 0.101 e. The summed E-state index contributed by atoms with van der Waals surface area (Å²) in [5, 5.41) is 0. The van der Waals surface area contributed by atoms with E-state index < -0.39 is 0 Å². The summed E-state index contributed by atoms with van der Waals surface area (Å²) in [5.41, 5.74) is 0. The first kappa shape index (κ1) is 38.4. The molecule has 0 radical (unpaired) electrons. The van der Waals surface area contributed by atoms with Gasteiger partial charge in [0, 0.05) is 25.5 Å². The van der Waals surface area contributed by atoms with E-state index in [0.717, 1.165) is 0 Å². The van der Waals surface area contributed by atoms with Crippen molar-refractivity contribution in [1.82, 2.24) is 9.80 Å². The van der Waals surface area contributed by atoms with Gasteiger partial charge in [-0.2, -0.15) is 0 Å². The minimum absolute atomic E-state index is 0.641. The zero-order chi connectivity index (χ0) is 29.5. The van der Waals surface area contributed by atoms with Crippen molar-refractivity contribution >= 4 is 0 Å². The van der Waals surface area contributed by atoms with Crippen LogP contribution < -0.4 is 0 Å². The van der Waals surface area contributed by atoms with Gasteiger partial charge in [-0.25, -0.2) is 0 Å². The molecule has 1 aliphatic heterocycles. The summed E-state index contributed by atoms with van der Waals surface area (Å²) in [4.78, 5) is 5.40. The number of rotatable bonds is 33. The Morgan fingerprint density at radius 1 is 0.317 bits per heavy atom. The fourth-order valence-corrected chi connectivity index (χ4v) is 6.72. The first-order valence-electron chi connectivity index (χ1n) is 19.5. The highest BCUT2D eigenvalue weighted by Gasteiger charge is 2.24. The lowest BCUT2D eigenvalue weighted by molar-refractivity contribution is 0.135. The first-order valence-corrected chi connectivity index (χ1v) is 19.5. The Kier molecular flexibility index (Phi) is 28.8. The molecule has 0 aliphatic carbocycles. The number of hydrogen-bond donors (Lipinski definition) is 0. The van der Waals surface area contributed by atoms with Crippen molar-refractivity contribution < 1.29 is 0 Å². The van der Waals surface area contributed by atoms with E-state index in [9.17, 15) is 0 Å². The molecule has 0 aromatic rings. The number of nitrogens with zero attached hydrogens (tertiary/aromatic N) is 2. The Hall–Kier alpha value is -0.660. The molecule has 1 atom stereocenters. The molecule has 41 heavy (non-hydrogen) atoms. The standard InChI is InChI=1S/C39H78N2/c1-4-7-10-13-15-17-19-20-21-22-23-24-26-28-30-33-36-41-38-37-40(35-32-12-9-6-3)39(41)34-31-29-27-25-18-16-14-11-8-5-2/h37-39H,4-36H2,1-3H3. The molecule has 1 aliphatic rings. The summed E-state index contributed by atoms with van der Waals surface area (Å²) in [6, 6.07) is 0. The van der Waals surface area contributed by atoms with Gasteiger partial charge in [0.25, 0.3) is 0 Å². The third-order valence-corrected chi connectivity index (χ3v) is 9.57. The predicted octanol–water partition coefficient (Wildman–Crippen LogP) is 13.6. The van der Waals surface area contributed by atoms with Gasteiger partial charge in [0.2, 0.25) is 0 Å². The minimum atomic E-state index is 0.641. The van der Waals surface area contributed by atoms with Gasteiger partial charge in [-0.1, -0.05) is 194 Å². The molecule has 244 valence electrons. The lowest BCUT2D eigenvalue weighted by Crippen LogP contribution is -2.39. The van der Waals surface area contributed by atoms with Crippen LogP contribution in [-0.4, -0.2) is 29.1 Å². The second-order valence-electron chi connectivity index (χ2n) is 13.6. The van der Waals surface area contributed by atoms with E-state index in [-0.39, 0.29) is 0 Å². The van der Waals surface area contributed by atoms with Crippen LogP contribution in [0.25, 0.3) is 0 Å². The maximum atomic E-state index is 2.71. The summed E-state index contributed by atoms with van der Waals surface area (Å²) < 4.78 is 0. The summed E-state index contributed by atoms with van der Waals surface area (Å²) >= 11 is 0. The average molecular weight is 575 g/mol. The van der Waals surface area contributed by atoms with Crippen LogP contribution in [0.5, 0.6) is 0 Å². The highest BCUT2D eigenvalue weighted by Crippen LogP contribution is 2.24. The van der Waals surface area contributed by atoms with Crippen LogP contribution in [0.4, 0.5) is 0 Å². The summed E-state index contributed by atoms with van der Waals surface area (Å²) in [6.07, 6.45) is 50.0. The summed E-state index contributed by atoms with van der Waals surface area (Å²) in [7, 11) is 0. The van der Waals surface area contributed by atoms with Crippen LogP contribution in [-0.2, 0) is 0 Å². The molecule has 1 rings (SSSR count). The van der Waals surface area contributed by atoms with E-state index in [2.05, 4.69) is 43.0 Å². The van der Waals surface area contributed by atoms with Crippen molar-refractivity contribution in [3.05, 3.63) is 12.4 Å². The second-order valence-corrected chi connectivity index (χ2v) is 13.6. The molecule has 0 saturated heterocycles. The molecule has 1 unspecified atom stereocenters. The van der Waals surface area contributed by atoms with Gasteiger partial charge < -0.3 is 9.80 Å². The summed E-state index contributed by atoms with van der Waals surface area (Å²) in [6.45, 7) is 9.47. The second kappa shape index (κ2) is 30.8. The Bertz CT molecular complexity index is 530. The highest BCUT2D eigenvalue weighted by atomic mass is 15.4. The van der Waals surface area contributed by atoms with Crippen molar-refractivity contribution in [1.29, 1.82) is 0 Å². The summed E-state index contributed by atoms with van der Waals surface area (Å²) in [5.74, 6) is 0. The third kappa shape index (κ3) is 23.5. The van der Waals surface area contributed by atoms with Crippen LogP contribution in [0.1, 0.15) is 220 Å². The average Bonchev–Trinajstić information content (AvgIpc) is 3.37. The fraction of sp³-hybridized carbons (Fsp3) is 0.949. The van der Waals surface area contributed by atoms with E-state index in [4.69, 9.17) is 0 Å². The van der Waals surface area contributed by atoms with E-state index in [1.807, 2.05) is 0 Å². The van der Waals surface area contributed by atoms with Crippen LogP contribution in [0, 0.1) is 0 Å². The van der Waals surface area contributed by atoms with Crippen LogP contribution in [0.15, 0.2) is 12.4 Å². The van der Waals surface area contributed by atoms with Crippen LogP contribution in [0.3, 0.4) is 0 Å². The monoisotopic (exact) mass is 575 g/mol. The van der Waals surface area contributed by atoms with Gasteiger partial charge >= 0.3 is 0 Å². The van der Waals surface area contributed by atoms with Gasteiger partial charge in [-0.3, -0.25) is 0 Å². The van der Waals surface area contributed by atoms with E-state index in [1.165, 1.54) is 212 Å². The quantitative estimate of drug-likeness (QED) is 0.0719. The van der Waals surface area contributed by atoms with Gasteiger partial charge in [0.15, 0.2) is 0 Å². The van der Waals surface area contributed by atoms with Gasteiger partial charge in [0.05, 0.1) is 0 Å². The Labute approximate surface area is 260 Å².